The van der Waals surface area contributed by atoms with Gasteiger partial charge in [-0.2, -0.15) is 0 Å². The van der Waals surface area contributed by atoms with Crippen molar-refractivity contribution < 1.29 is 4.39 Å². The molecule has 0 spiro atoms. The van der Waals surface area contributed by atoms with Gasteiger partial charge < -0.3 is 0 Å². The first kappa shape index (κ1) is 11.1. The lowest BCUT2D eigenvalue weighted by molar-refractivity contribution is 0.628. The van der Waals surface area contributed by atoms with Crippen molar-refractivity contribution in [1.82, 2.24) is 4.98 Å². The van der Waals surface area contributed by atoms with Gasteiger partial charge >= 0.3 is 0 Å². The highest BCUT2D eigenvalue weighted by Gasteiger charge is 2.06. The minimum absolute atomic E-state index is 0.240. The summed E-state index contributed by atoms with van der Waals surface area (Å²) in [6, 6.07) is 10.2. The van der Waals surface area contributed by atoms with Gasteiger partial charge in [-0.1, -0.05) is 18.2 Å². The van der Waals surface area contributed by atoms with Gasteiger partial charge in [-0.25, -0.2) is 4.39 Å². The average molecular weight is 236 g/mol. The topological polar surface area (TPSA) is 12.9 Å². The molecule has 0 radical (unpaired) electrons. The normalized spacial score (nSPS) is 10.4. The van der Waals surface area contributed by atoms with E-state index in [4.69, 9.17) is 11.6 Å². The third-order valence-corrected chi connectivity index (χ3v) is 2.65. The van der Waals surface area contributed by atoms with E-state index in [-0.39, 0.29) is 5.82 Å². The predicted octanol–water partition coefficient (Wildman–Crippen LogP) is 3.93. The zero-order valence-electron chi connectivity index (χ0n) is 8.87. The summed E-state index contributed by atoms with van der Waals surface area (Å²) in [7, 11) is 0. The van der Waals surface area contributed by atoms with Gasteiger partial charge in [0.25, 0.3) is 0 Å². The quantitative estimate of drug-likeness (QED) is 0.719. The van der Waals surface area contributed by atoms with Crippen LogP contribution in [0.3, 0.4) is 0 Å². The molecule has 0 fully saturated rings. The number of alkyl halides is 1. The maximum Gasteiger partial charge on any atom is 0.123 e. The Balaban J connectivity index is 2.51. The van der Waals surface area contributed by atoms with Gasteiger partial charge in [0.2, 0.25) is 0 Å². The molecule has 0 N–H and O–H groups in total. The van der Waals surface area contributed by atoms with Crippen molar-refractivity contribution in [2.24, 2.45) is 0 Å². The highest BCUT2D eigenvalue weighted by Crippen LogP contribution is 2.24. The van der Waals surface area contributed by atoms with Crippen molar-refractivity contribution in [3.8, 4) is 11.1 Å². The first-order chi connectivity index (χ1) is 7.70. The molecule has 2 aromatic rings. The maximum atomic E-state index is 12.8. The van der Waals surface area contributed by atoms with Gasteiger partial charge in [0.05, 0.1) is 11.6 Å². The number of aryl methyl sites for hydroxylation is 1. The van der Waals surface area contributed by atoms with Gasteiger partial charge in [0.1, 0.15) is 5.82 Å². The Morgan fingerprint density at radius 1 is 1.12 bits per heavy atom. The molecular weight excluding hydrogens is 225 g/mol. The lowest BCUT2D eigenvalue weighted by Crippen LogP contribution is -1.93. The molecule has 82 valence electrons. The fraction of sp³-hybridized carbons (Fsp3) is 0.154. The van der Waals surface area contributed by atoms with Crippen LogP contribution in [0.5, 0.6) is 0 Å². The molecule has 0 aliphatic rings. The monoisotopic (exact) mass is 235 g/mol. The summed E-state index contributed by atoms with van der Waals surface area (Å²) in [5.74, 6) is 0.116. The molecular formula is C13H11ClFN. The molecule has 0 bridgehead atoms. The zero-order chi connectivity index (χ0) is 11.5. The zero-order valence-corrected chi connectivity index (χ0v) is 9.63. The van der Waals surface area contributed by atoms with E-state index >= 15 is 0 Å². The molecule has 1 aromatic heterocycles. The highest BCUT2D eigenvalue weighted by atomic mass is 35.5. The van der Waals surface area contributed by atoms with Gasteiger partial charge in [-0.15, -0.1) is 11.6 Å². The van der Waals surface area contributed by atoms with Gasteiger partial charge in [-0.3, -0.25) is 4.98 Å². The van der Waals surface area contributed by atoms with E-state index in [1.807, 2.05) is 19.1 Å². The number of pyridine rings is 1. The lowest BCUT2D eigenvalue weighted by Gasteiger charge is -2.07. The molecule has 0 saturated carbocycles. The lowest BCUT2D eigenvalue weighted by atomic mass is 10.0. The molecule has 2 rings (SSSR count). The van der Waals surface area contributed by atoms with Crippen molar-refractivity contribution in [3.05, 3.63) is 53.6 Å². The largest absolute Gasteiger partial charge is 0.256 e. The Morgan fingerprint density at radius 3 is 2.44 bits per heavy atom. The van der Waals surface area contributed by atoms with E-state index in [2.05, 4.69) is 4.98 Å². The van der Waals surface area contributed by atoms with E-state index < -0.39 is 0 Å². The molecule has 0 atom stereocenters. The van der Waals surface area contributed by atoms with E-state index in [0.29, 0.717) is 5.88 Å². The Kier molecular flexibility index (Phi) is 3.20. The smallest absolute Gasteiger partial charge is 0.123 e. The summed E-state index contributed by atoms with van der Waals surface area (Å²) in [5, 5.41) is 0. The molecule has 3 heteroatoms. The fourth-order valence-corrected chi connectivity index (χ4v) is 1.81. The van der Waals surface area contributed by atoms with Crippen molar-refractivity contribution in [1.29, 1.82) is 0 Å². The van der Waals surface area contributed by atoms with Gasteiger partial charge in [0, 0.05) is 11.3 Å². The SMILES string of the molecule is Cc1ccc(-c2ccc(F)cc2)c(CCl)n1. The van der Waals surface area contributed by atoms with Crippen LogP contribution >= 0.6 is 11.6 Å². The molecule has 0 amide bonds. The standard InChI is InChI=1S/C13H11ClFN/c1-9-2-7-12(13(8-14)16-9)10-3-5-11(15)6-4-10/h2-7H,8H2,1H3. The van der Waals surface area contributed by atoms with Gasteiger partial charge in [0.15, 0.2) is 0 Å². The van der Waals surface area contributed by atoms with Crippen molar-refractivity contribution in [3.63, 3.8) is 0 Å². The van der Waals surface area contributed by atoms with Crippen LogP contribution in [0.15, 0.2) is 36.4 Å². The van der Waals surface area contributed by atoms with Crippen molar-refractivity contribution >= 4 is 11.6 Å². The summed E-state index contributed by atoms with van der Waals surface area (Å²) in [6.07, 6.45) is 0. The summed E-state index contributed by atoms with van der Waals surface area (Å²) in [4.78, 5) is 4.36. The van der Waals surface area contributed by atoms with Crippen LogP contribution in [0.4, 0.5) is 4.39 Å². The molecule has 0 saturated heterocycles. The third-order valence-electron chi connectivity index (χ3n) is 2.40. The molecule has 0 unspecified atom stereocenters. The number of rotatable bonds is 2. The van der Waals surface area contributed by atoms with E-state index in [1.165, 1.54) is 12.1 Å². The van der Waals surface area contributed by atoms with Crippen LogP contribution < -0.4 is 0 Å². The Morgan fingerprint density at radius 2 is 1.81 bits per heavy atom. The first-order valence-corrected chi connectivity index (χ1v) is 5.52. The van der Waals surface area contributed by atoms with Crippen LogP contribution in [0.2, 0.25) is 0 Å². The number of benzene rings is 1. The Bertz CT molecular complexity index is 494. The maximum absolute atomic E-state index is 12.8. The number of nitrogens with zero attached hydrogens (tertiary/aromatic N) is 1. The van der Waals surface area contributed by atoms with Crippen molar-refractivity contribution in [2.45, 2.75) is 12.8 Å². The molecule has 1 aromatic carbocycles. The average Bonchev–Trinajstić information content (AvgIpc) is 2.30. The minimum atomic E-state index is -0.240. The first-order valence-electron chi connectivity index (χ1n) is 4.99. The van der Waals surface area contributed by atoms with E-state index in [1.54, 1.807) is 12.1 Å². The van der Waals surface area contributed by atoms with E-state index in [0.717, 1.165) is 22.5 Å². The third kappa shape index (κ3) is 2.22. The Hall–Kier alpha value is -1.41. The second kappa shape index (κ2) is 4.62. The predicted molar refractivity (Wildman–Crippen MR) is 63.9 cm³/mol. The fourth-order valence-electron chi connectivity index (χ4n) is 1.60. The second-order valence-electron chi connectivity index (χ2n) is 3.59. The molecule has 16 heavy (non-hydrogen) atoms. The second-order valence-corrected chi connectivity index (χ2v) is 3.85. The highest BCUT2D eigenvalue weighted by molar-refractivity contribution is 6.17. The number of halogens is 2. The molecule has 1 heterocycles. The number of hydrogen-bond donors (Lipinski definition) is 0. The number of hydrogen-bond acceptors (Lipinski definition) is 1. The summed E-state index contributed by atoms with van der Waals surface area (Å²) < 4.78 is 12.8. The van der Waals surface area contributed by atoms with Crippen molar-refractivity contribution in [2.75, 3.05) is 0 Å². The Labute approximate surface area is 98.9 Å². The van der Waals surface area contributed by atoms with Crippen LogP contribution in [0, 0.1) is 12.7 Å². The van der Waals surface area contributed by atoms with Crippen LogP contribution in [0.1, 0.15) is 11.4 Å². The molecule has 0 aliphatic carbocycles. The van der Waals surface area contributed by atoms with Crippen LogP contribution in [-0.4, -0.2) is 4.98 Å². The minimum Gasteiger partial charge on any atom is -0.256 e. The van der Waals surface area contributed by atoms with Crippen LogP contribution in [0.25, 0.3) is 11.1 Å². The molecule has 0 aliphatic heterocycles. The van der Waals surface area contributed by atoms with E-state index in [9.17, 15) is 4.39 Å². The van der Waals surface area contributed by atoms with Gasteiger partial charge in [-0.05, 0) is 30.7 Å². The number of aromatic nitrogens is 1. The van der Waals surface area contributed by atoms with Crippen LogP contribution in [-0.2, 0) is 5.88 Å². The summed E-state index contributed by atoms with van der Waals surface area (Å²) in [5.41, 5.74) is 3.65. The molecule has 1 nitrogen and oxygen atoms in total. The summed E-state index contributed by atoms with van der Waals surface area (Å²) >= 11 is 5.85. The summed E-state index contributed by atoms with van der Waals surface area (Å²) in [6.45, 7) is 1.92.